The number of aromatic nitrogens is 4. The van der Waals surface area contributed by atoms with Gasteiger partial charge in [-0.3, -0.25) is 14.6 Å². The lowest BCUT2D eigenvalue weighted by molar-refractivity contribution is -0.132. The third-order valence-corrected chi connectivity index (χ3v) is 4.05. The molecular formula is C15H21N5O. The molecule has 112 valence electrons. The number of carbonyl (C=O) groups excluding carboxylic acids is 1. The number of aromatic amines is 1. The van der Waals surface area contributed by atoms with Gasteiger partial charge in [-0.1, -0.05) is 0 Å². The van der Waals surface area contributed by atoms with Crippen LogP contribution in [0.1, 0.15) is 36.4 Å². The molecule has 0 bridgehead atoms. The van der Waals surface area contributed by atoms with Crippen LogP contribution in [-0.4, -0.2) is 43.9 Å². The minimum absolute atomic E-state index is 0.215. The molecule has 6 heteroatoms. The fraction of sp³-hybridized carbons (Fsp3) is 0.533. The van der Waals surface area contributed by atoms with Gasteiger partial charge in [0.15, 0.2) is 0 Å². The summed E-state index contributed by atoms with van der Waals surface area (Å²) in [6.45, 7) is 4.31. The summed E-state index contributed by atoms with van der Waals surface area (Å²) in [7, 11) is 0. The van der Waals surface area contributed by atoms with E-state index in [9.17, 15) is 4.79 Å². The molecule has 0 unspecified atom stereocenters. The van der Waals surface area contributed by atoms with Crippen LogP contribution in [-0.2, 0) is 11.3 Å². The van der Waals surface area contributed by atoms with Gasteiger partial charge in [0.05, 0.1) is 6.20 Å². The summed E-state index contributed by atoms with van der Waals surface area (Å²) in [4.78, 5) is 14.3. The highest BCUT2D eigenvalue weighted by molar-refractivity contribution is 5.76. The molecule has 1 aliphatic heterocycles. The first-order valence-corrected chi connectivity index (χ1v) is 7.48. The maximum atomic E-state index is 12.4. The van der Waals surface area contributed by atoms with E-state index >= 15 is 0 Å². The van der Waals surface area contributed by atoms with Gasteiger partial charge in [0.2, 0.25) is 5.91 Å². The number of nitrogens with zero attached hydrogens (tertiary/aromatic N) is 4. The molecule has 1 amide bonds. The Morgan fingerprint density at radius 2 is 2.43 bits per heavy atom. The van der Waals surface area contributed by atoms with Crippen molar-refractivity contribution in [2.24, 2.45) is 0 Å². The van der Waals surface area contributed by atoms with Gasteiger partial charge in [-0.25, -0.2) is 0 Å². The van der Waals surface area contributed by atoms with Gasteiger partial charge in [0, 0.05) is 50.1 Å². The molecule has 6 nitrogen and oxygen atoms in total. The van der Waals surface area contributed by atoms with E-state index in [4.69, 9.17) is 0 Å². The fourth-order valence-electron chi connectivity index (χ4n) is 2.91. The quantitative estimate of drug-likeness (QED) is 0.931. The maximum Gasteiger partial charge on any atom is 0.224 e. The van der Waals surface area contributed by atoms with Crippen LogP contribution in [0.3, 0.4) is 0 Å². The molecule has 3 heterocycles. The second-order valence-electron chi connectivity index (χ2n) is 5.72. The van der Waals surface area contributed by atoms with Crippen LogP contribution in [0.5, 0.6) is 0 Å². The third kappa shape index (κ3) is 3.32. The van der Waals surface area contributed by atoms with Crippen molar-refractivity contribution in [2.75, 3.05) is 13.1 Å². The Morgan fingerprint density at radius 3 is 3.14 bits per heavy atom. The zero-order valence-electron chi connectivity index (χ0n) is 12.3. The molecule has 0 saturated carbocycles. The first-order valence-electron chi connectivity index (χ1n) is 7.48. The molecule has 0 spiro atoms. The van der Waals surface area contributed by atoms with Crippen molar-refractivity contribution in [1.29, 1.82) is 0 Å². The largest absolute Gasteiger partial charge is 0.342 e. The van der Waals surface area contributed by atoms with E-state index in [1.165, 1.54) is 0 Å². The van der Waals surface area contributed by atoms with E-state index in [2.05, 4.69) is 15.3 Å². The van der Waals surface area contributed by atoms with Crippen molar-refractivity contribution in [2.45, 2.75) is 38.6 Å². The topological polar surface area (TPSA) is 66.8 Å². The van der Waals surface area contributed by atoms with Crippen molar-refractivity contribution in [3.05, 3.63) is 35.9 Å². The Morgan fingerprint density at radius 1 is 1.52 bits per heavy atom. The number of carbonyl (C=O) groups is 1. The van der Waals surface area contributed by atoms with E-state index in [1.54, 1.807) is 6.20 Å². The van der Waals surface area contributed by atoms with Crippen LogP contribution < -0.4 is 0 Å². The Kier molecular flexibility index (Phi) is 4.03. The molecule has 1 saturated heterocycles. The maximum absolute atomic E-state index is 12.4. The number of aryl methyl sites for hydroxylation is 2. The fourth-order valence-corrected chi connectivity index (χ4v) is 2.91. The summed E-state index contributed by atoms with van der Waals surface area (Å²) in [6, 6.07) is 2.01. The van der Waals surface area contributed by atoms with Crippen LogP contribution in [0.2, 0.25) is 0 Å². The zero-order valence-corrected chi connectivity index (χ0v) is 12.3. The molecule has 1 aliphatic rings. The Balaban J connectivity index is 1.54. The highest BCUT2D eigenvalue weighted by Crippen LogP contribution is 2.25. The van der Waals surface area contributed by atoms with Crippen molar-refractivity contribution >= 4 is 5.91 Å². The Hall–Kier alpha value is -2.11. The molecule has 21 heavy (non-hydrogen) atoms. The lowest BCUT2D eigenvalue weighted by Crippen LogP contribution is -2.39. The Labute approximate surface area is 124 Å². The third-order valence-electron chi connectivity index (χ3n) is 4.05. The molecule has 1 fully saturated rings. The number of piperidine rings is 1. The average molecular weight is 287 g/mol. The lowest BCUT2D eigenvalue weighted by Gasteiger charge is -2.32. The average Bonchev–Trinajstić information content (AvgIpc) is 3.16. The van der Waals surface area contributed by atoms with E-state index in [0.29, 0.717) is 18.9 Å². The molecular weight excluding hydrogens is 266 g/mol. The van der Waals surface area contributed by atoms with Crippen molar-refractivity contribution < 1.29 is 4.79 Å². The van der Waals surface area contributed by atoms with Gasteiger partial charge in [0.1, 0.15) is 0 Å². The molecule has 3 rings (SSSR count). The summed E-state index contributed by atoms with van der Waals surface area (Å²) < 4.78 is 1.84. The number of hydrogen-bond donors (Lipinski definition) is 1. The van der Waals surface area contributed by atoms with E-state index in [1.807, 2.05) is 35.0 Å². The van der Waals surface area contributed by atoms with Crippen molar-refractivity contribution in [1.82, 2.24) is 24.9 Å². The zero-order chi connectivity index (χ0) is 14.7. The van der Waals surface area contributed by atoms with Crippen LogP contribution in [0, 0.1) is 6.92 Å². The minimum Gasteiger partial charge on any atom is -0.342 e. The number of H-pyrrole nitrogens is 1. The number of likely N-dealkylation sites (tertiary alicyclic amines) is 1. The van der Waals surface area contributed by atoms with Gasteiger partial charge in [-0.05, 0) is 31.4 Å². The predicted molar refractivity (Wildman–Crippen MR) is 78.7 cm³/mol. The second kappa shape index (κ2) is 6.11. The molecule has 0 aliphatic carbocycles. The van der Waals surface area contributed by atoms with Crippen molar-refractivity contribution in [3.8, 4) is 0 Å². The second-order valence-corrected chi connectivity index (χ2v) is 5.72. The molecule has 0 radical (unpaired) electrons. The first-order chi connectivity index (χ1) is 10.2. The van der Waals surface area contributed by atoms with Crippen LogP contribution in [0.25, 0.3) is 0 Å². The number of nitrogens with one attached hydrogen (secondary N) is 1. The first kappa shape index (κ1) is 13.9. The van der Waals surface area contributed by atoms with Crippen LogP contribution in [0.15, 0.2) is 24.7 Å². The standard InChI is InChI=1S/C15H21N5O/c1-12-9-17-20(10-12)8-5-15(21)19-7-2-3-13(11-19)14-4-6-16-18-14/h4,6,9-10,13H,2-3,5,7-8,11H2,1H3,(H,16,18)/t13-/m0/s1. The molecule has 2 aromatic heterocycles. The summed E-state index contributed by atoms with van der Waals surface area (Å²) >= 11 is 0. The van der Waals surface area contributed by atoms with Gasteiger partial charge >= 0.3 is 0 Å². The molecule has 2 aromatic rings. The molecule has 0 aromatic carbocycles. The van der Waals surface area contributed by atoms with Gasteiger partial charge in [0.25, 0.3) is 0 Å². The van der Waals surface area contributed by atoms with E-state index < -0.39 is 0 Å². The number of amides is 1. The smallest absolute Gasteiger partial charge is 0.224 e. The number of rotatable bonds is 4. The highest BCUT2D eigenvalue weighted by Gasteiger charge is 2.25. The minimum atomic E-state index is 0.215. The molecule has 1 N–H and O–H groups in total. The highest BCUT2D eigenvalue weighted by atomic mass is 16.2. The van der Waals surface area contributed by atoms with Crippen molar-refractivity contribution in [3.63, 3.8) is 0 Å². The Bertz CT molecular complexity index is 589. The normalized spacial score (nSPS) is 18.9. The number of hydrogen-bond acceptors (Lipinski definition) is 3. The van der Waals surface area contributed by atoms with Gasteiger partial charge in [-0.2, -0.15) is 10.2 Å². The molecule has 1 atom stereocenters. The summed E-state index contributed by atoms with van der Waals surface area (Å²) in [6.07, 6.45) is 8.24. The van der Waals surface area contributed by atoms with Gasteiger partial charge in [-0.15, -0.1) is 0 Å². The van der Waals surface area contributed by atoms with Crippen LogP contribution in [0.4, 0.5) is 0 Å². The SMILES string of the molecule is Cc1cnn(CCC(=O)N2CCC[C@H](c3ccn[nH]3)C2)c1. The monoisotopic (exact) mass is 287 g/mol. The summed E-state index contributed by atoms with van der Waals surface area (Å²) in [5.74, 6) is 0.601. The summed E-state index contributed by atoms with van der Waals surface area (Å²) in [5, 5.41) is 11.3. The lowest BCUT2D eigenvalue weighted by atomic mass is 9.95. The predicted octanol–water partition coefficient (Wildman–Crippen LogP) is 1.71. The van der Waals surface area contributed by atoms with Gasteiger partial charge < -0.3 is 4.90 Å². The van der Waals surface area contributed by atoms with E-state index in [0.717, 1.165) is 37.2 Å². The van der Waals surface area contributed by atoms with Crippen LogP contribution >= 0.6 is 0 Å². The van der Waals surface area contributed by atoms with E-state index in [-0.39, 0.29) is 5.91 Å². The summed E-state index contributed by atoms with van der Waals surface area (Å²) in [5.41, 5.74) is 2.26.